The maximum atomic E-state index is 11.4. The van der Waals surface area contributed by atoms with Gasteiger partial charge in [0.2, 0.25) is 0 Å². The summed E-state index contributed by atoms with van der Waals surface area (Å²) in [6, 6.07) is 11.6. The van der Waals surface area contributed by atoms with E-state index >= 15 is 0 Å². The number of aliphatic carboxylic acids is 1. The molecular weight excluding hydrogens is 320 g/mol. The number of anilines is 1. The normalized spacial score (nSPS) is 17.1. The van der Waals surface area contributed by atoms with Gasteiger partial charge >= 0.3 is 5.97 Å². The number of hydrogen-bond donors (Lipinski definition) is 1. The van der Waals surface area contributed by atoms with Crippen molar-refractivity contribution >= 4 is 27.6 Å². The van der Waals surface area contributed by atoms with Crippen molar-refractivity contribution < 1.29 is 9.90 Å². The van der Waals surface area contributed by atoms with Crippen LogP contribution < -0.4 is 4.90 Å². The Labute approximate surface area is 125 Å². The molecule has 0 amide bonds. The van der Waals surface area contributed by atoms with Crippen molar-refractivity contribution in [2.24, 2.45) is 0 Å². The molecule has 1 unspecified atom stereocenters. The molecule has 102 valence electrons. The number of pyridine rings is 1. The third-order valence-electron chi connectivity index (χ3n) is 3.50. The summed E-state index contributed by atoms with van der Waals surface area (Å²) < 4.78 is 0.937. The largest absolute Gasteiger partial charge is 0.481 e. The zero-order chi connectivity index (χ0) is 14.1. The summed E-state index contributed by atoms with van der Waals surface area (Å²) in [5.41, 5.74) is 2.80. The number of hydrogen-bond acceptors (Lipinski definition) is 3. The Morgan fingerprint density at radius 2 is 2.15 bits per heavy atom. The Kier molecular flexibility index (Phi) is 3.44. The third kappa shape index (κ3) is 2.41. The molecule has 5 heteroatoms. The van der Waals surface area contributed by atoms with Crippen molar-refractivity contribution in [2.45, 2.75) is 12.5 Å². The minimum absolute atomic E-state index is 0.457. The zero-order valence-electron chi connectivity index (χ0n) is 10.7. The predicted molar refractivity (Wildman–Crippen MR) is 79.8 cm³/mol. The number of aromatic nitrogens is 1. The molecule has 0 radical (unpaired) electrons. The third-order valence-corrected chi connectivity index (χ3v) is 3.96. The lowest BCUT2D eigenvalue weighted by molar-refractivity contribution is -0.138. The van der Waals surface area contributed by atoms with E-state index in [1.807, 2.05) is 36.4 Å². The van der Waals surface area contributed by atoms with Gasteiger partial charge in [-0.2, -0.15) is 0 Å². The van der Waals surface area contributed by atoms with E-state index in [9.17, 15) is 9.90 Å². The maximum Gasteiger partial charge on any atom is 0.312 e. The first kappa shape index (κ1) is 13.1. The van der Waals surface area contributed by atoms with Crippen LogP contribution in [-0.4, -0.2) is 22.6 Å². The molecule has 1 aliphatic heterocycles. The lowest BCUT2D eigenvalue weighted by atomic mass is 10.0. The molecule has 2 aromatic rings. The molecule has 0 spiro atoms. The average Bonchev–Trinajstić information content (AvgIpc) is 2.81. The monoisotopic (exact) mass is 332 g/mol. The minimum atomic E-state index is -0.774. The fourth-order valence-corrected chi connectivity index (χ4v) is 2.78. The van der Waals surface area contributed by atoms with Crippen molar-refractivity contribution in [1.82, 2.24) is 4.98 Å². The van der Waals surface area contributed by atoms with Gasteiger partial charge in [0, 0.05) is 22.9 Å². The Morgan fingerprint density at radius 3 is 2.85 bits per heavy atom. The number of halogens is 1. The van der Waals surface area contributed by atoms with E-state index in [1.54, 1.807) is 6.20 Å². The lowest BCUT2D eigenvalue weighted by Gasteiger charge is -2.19. The van der Waals surface area contributed by atoms with E-state index in [0.717, 1.165) is 21.4 Å². The van der Waals surface area contributed by atoms with Crippen LogP contribution in [0.4, 0.5) is 5.69 Å². The van der Waals surface area contributed by atoms with Gasteiger partial charge in [-0.15, -0.1) is 0 Å². The van der Waals surface area contributed by atoms with Gasteiger partial charge in [-0.3, -0.25) is 9.78 Å². The molecule has 20 heavy (non-hydrogen) atoms. The lowest BCUT2D eigenvalue weighted by Crippen LogP contribution is -2.24. The summed E-state index contributed by atoms with van der Waals surface area (Å²) in [5.74, 6) is -1.23. The van der Waals surface area contributed by atoms with E-state index in [2.05, 4.69) is 25.8 Å². The molecule has 3 rings (SSSR count). The topological polar surface area (TPSA) is 53.4 Å². The molecule has 0 fully saturated rings. The van der Waals surface area contributed by atoms with Crippen molar-refractivity contribution in [3.05, 3.63) is 58.3 Å². The molecule has 0 bridgehead atoms. The number of benzene rings is 1. The highest BCUT2D eigenvalue weighted by Gasteiger charge is 2.33. The molecule has 0 saturated carbocycles. The Balaban J connectivity index is 1.88. The van der Waals surface area contributed by atoms with Gasteiger partial charge in [-0.25, -0.2) is 0 Å². The van der Waals surface area contributed by atoms with Crippen LogP contribution in [0.25, 0.3) is 0 Å². The zero-order valence-corrected chi connectivity index (χ0v) is 12.2. The van der Waals surface area contributed by atoms with E-state index in [4.69, 9.17) is 0 Å². The molecule has 1 atom stereocenters. The smallest absolute Gasteiger partial charge is 0.312 e. The number of fused-ring (bicyclic) bond motifs is 1. The fraction of sp³-hybridized carbons (Fsp3) is 0.200. The second kappa shape index (κ2) is 5.25. The number of para-hydroxylation sites is 1. The van der Waals surface area contributed by atoms with Crippen LogP contribution in [0.1, 0.15) is 17.2 Å². The number of nitrogens with zero attached hydrogens (tertiary/aromatic N) is 2. The van der Waals surface area contributed by atoms with Crippen LogP contribution in [-0.2, 0) is 11.3 Å². The van der Waals surface area contributed by atoms with Gasteiger partial charge in [0.15, 0.2) is 0 Å². The summed E-state index contributed by atoms with van der Waals surface area (Å²) in [6.07, 6.45) is 1.76. The first-order chi connectivity index (χ1) is 9.65. The second-order valence-corrected chi connectivity index (χ2v) is 5.71. The summed E-state index contributed by atoms with van der Waals surface area (Å²) >= 11 is 3.36. The second-order valence-electron chi connectivity index (χ2n) is 4.80. The Hall–Kier alpha value is -1.88. The van der Waals surface area contributed by atoms with Crippen LogP contribution in [0.15, 0.2) is 47.1 Å². The van der Waals surface area contributed by atoms with Crippen LogP contribution in [0.2, 0.25) is 0 Å². The summed E-state index contributed by atoms with van der Waals surface area (Å²) in [7, 11) is 0. The molecule has 1 aromatic carbocycles. The fourth-order valence-electron chi connectivity index (χ4n) is 2.54. The quantitative estimate of drug-likeness (QED) is 0.938. The van der Waals surface area contributed by atoms with E-state index in [0.29, 0.717) is 13.1 Å². The molecule has 4 nitrogen and oxygen atoms in total. The van der Waals surface area contributed by atoms with E-state index in [1.165, 1.54) is 0 Å². The van der Waals surface area contributed by atoms with Crippen molar-refractivity contribution in [3.63, 3.8) is 0 Å². The van der Waals surface area contributed by atoms with Crippen molar-refractivity contribution in [1.29, 1.82) is 0 Å². The number of rotatable bonds is 3. The number of carbonyl (C=O) groups is 1. The van der Waals surface area contributed by atoms with Crippen LogP contribution >= 0.6 is 15.9 Å². The summed E-state index contributed by atoms with van der Waals surface area (Å²) in [5, 5.41) is 9.33. The molecular formula is C15H13BrN2O2. The highest BCUT2D eigenvalue weighted by molar-refractivity contribution is 9.10. The highest BCUT2D eigenvalue weighted by Crippen LogP contribution is 2.36. The summed E-state index contributed by atoms with van der Waals surface area (Å²) in [4.78, 5) is 17.8. The minimum Gasteiger partial charge on any atom is -0.481 e. The van der Waals surface area contributed by atoms with Crippen LogP contribution in [0, 0.1) is 0 Å². The first-order valence-corrected chi connectivity index (χ1v) is 7.11. The van der Waals surface area contributed by atoms with Crippen molar-refractivity contribution in [3.8, 4) is 0 Å². The van der Waals surface area contributed by atoms with E-state index in [-0.39, 0.29) is 0 Å². The molecule has 0 saturated heterocycles. The van der Waals surface area contributed by atoms with Gasteiger partial charge in [0.25, 0.3) is 0 Å². The predicted octanol–water partition coefficient (Wildman–Crippen LogP) is 3.03. The van der Waals surface area contributed by atoms with Gasteiger partial charge in [0.1, 0.15) is 5.92 Å². The Bertz CT molecular complexity index is 643. The molecule has 0 aliphatic carbocycles. The number of carboxylic acid groups (broad SMARTS) is 1. The standard InChI is InChI=1S/C15H13BrN2O2/c16-10-5-6-11(17-7-10)8-18-9-13(15(19)20)12-3-1-2-4-14(12)18/h1-7,13H,8-9H2,(H,19,20). The van der Waals surface area contributed by atoms with Gasteiger partial charge in [-0.1, -0.05) is 18.2 Å². The van der Waals surface area contributed by atoms with Crippen LogP contribution in [0.5, 0.6) is 0 Å². The summed E-state index contributed by atoms with van der Waals surface area (Å²) in [6.45, 7) is 1.11. The van der Waals surface area contributed by atoms with Gasteiger partial charge in [0.05, 0.1) is 12.2 Å². The maximum absolute atomic E-state index is 11.4. The van der Waals surface area contributed by atoms with Gasteiger partial charge < -0.3 is 10.0 Å². The van der Waals surface area contributed by atoms with Crippen LogP contribution in [0.3, 0.4) is 0 Å². The Morgan fingerprint density at radius 1 is 1.35 bits per heavy atom. The molecule has 1 aromatic heterocycles. The van der Waals surface area contributed by atoms with Crippen molar-refractivity contribution in [2.75, 3.05) is 11.4 Å². The van der Waals surface area contributed by atoms with Gasteiger partial charge in [-0.05, 0) is 39.7 Å². The molecule has 2 heterocycles. The SMILES string of the molecule is O=C(O)C1CN(Cc2ccc(Br)cn2)c2ccccc21. The molecule has 1 N–H and O–H groups in total. The highest BCUT2D eigenvalue weighted by atomic mass is 79.9. The number of carboxylic acids is 1. The first-order valence-electron chi connectivity index (χ1n) is 6.32. The van der Waals surface area contributed by atoms with E-state index < -0.39 is 11.9 Å². The molecule has 1 aliphatic rings. The average molecular weight is 333 g/mol.